The number of carbonyl (C=O) groups excluding carboxylic acids is 2. The summed E-state index contributed by atoms with van der Waals surface area (Å²) in [5, 5.41) is 0. The number of allylic oxidation sites excluding steroid dienone is 2. The maximum absolute atomic E-state index is 13.5. The molecule has 2 atom stereocenters. The van der Waals surface area contributed by atoms with Crippen molar-refractivity contribution < 1.29 is 32.2 Å². The maximum atomic E-state index is 13.5. The summed E-state index contributed by atoms with van der Waals surface area (Å²) < 4.78 is 45.0. The molecule has 0 saturated carbocycles. The normalized spacial score (nSPS) is 16.6. The molecule has 39 heavy (non-hydrogen) atoms. The number of ketones is 1. The van der Waals surface area contributed by atoms with E-state index < -0.39 is 33.7 Å². The van der Waals surface area contributed by atoms with Crippen LogP contribution in [0.1, 0.15) is 60.8 Å². The average molecular weight is 565 g/mol. The second kappa shape index (κ2) is 14.5. The zero-order valence-corrected chi connectivity index (χ0v) is 25.1. The van der Waals surface area contributed by atoms with Gasteiger partial charge in [-0.05, 0) is 57.7 Å². The van der Waals surface area contributed by atoms with Gasteiger partial charge in [0.15, 0.2) is 6.10 Å². The van der Waals surface area contributed by atoms with E-state index in [0.29, 0.717) is 23.5 Å². The van der Waals surface area contributed by atoms with Gasteiger partial charge in [0.25, 0.3) is 0 Å². The molecule has 0 fully saturated rings. The predicted octanol–water partition coefficient (Wildman–Crippen LogP) is 5.18. The van der Waals surface area contributed by atoms with Gasteiger partial charge in [-0.1, -0.05) is 45.4 Å². The van der Waals surface area contributed by atoms with Gasteiger partial charge in [-0.15, -0.1) is 0 Å². The molecule has 0 bridgehead atoms. The molecule has 1 aromatic carbocycles. The Kier molecular flexibility index (Phi) is 12.0. The van der Waals surface area contributed by atoms with Crippen LogP contribution in [0, 0.1) is 5.92 Å². The summed E-state index contributed by atoms with van der Waals surface area (Å²) in [5.41, 5.74) is -0.270. The highest BCUT2D eigenvalue weighted by Gasteiger charge is 2.32. The molecule has 1 aliphatic rings. The van der Waals surface area contributed by atoms with Gasteiger partial charge < -0.3 is 14.2 Å². The molecule has 0 spiro atoms. The summed E-state index contributed by atoms with van der Waals surface area (Å²) in [6.45, 7) is 11.7. The molecule has 0 saturated heterocycles. The molecule has 1 amide bonds. The number of benzene rings is 1. The van der Waals surface area contributed by atoms with Crippen molar-refractivity contribution in [2.45, 2.75) is 72.5 Å². The number of hydrogen-bond acceptors (Lipinski definition) is 7. The Morgan fingerprint density at radius 1 is 1.13 bits per heavy atom. The zero-order valence-electron chi connectivity index (χ0n) is 24.3. The number of Topliss-reactive ketones (excluding diaryl/α,β-unsaturated/α-hetero) is 1. The van der Waals surface area contributed by atoms with Crippen LogP contribution in [0.15, 0.2) is 48.1 Å². The van der Waals surface area contributed by atoms with Crippen molar-refractivity contribution >= 4 is 21.9 Å². The monoisotopic (exact) mass is 564 g/mol. The van der Waals surface area contributed by atoms with Gasteiger partial charge in [-0.2, -0.15) is 0 Å². The molecule has 10 heteroatoms. The van der Waals surface area contributed by atoms with Crippen molar-refractivity contribution in [3.63, 3.8) is 0 Å². The molecule has 218 valence electrons. The molecule has 2 unspecified atom stereocenters. The van der Waals surface area contributed by atoms with Crippen molar-refractivity contribution in [2.24, 2.45) is 5.92 Å². The molecule has 1 aromatic rings. The van der Waals surface area contributed by atoms with Crippen molar-refractivity contribution in [1.82, 2.24) is 9.21 Å². The number of ether oxygens (including phenoxy) is 3. The number of carbonyl (C=O) groups is 2. The van der Waals surface area contributed by atoms with E-state index in [1.807, 2.05) is 20.8 Å². The minimum Gasteiger partial charge on any atom is -0.497 e. The van der Waals surface area contributed by atoms with Crippen molar-refractivity contribution in [3.8, 4) is 11.5 Å². The number of nitrogens with zero attached hydrogens (tertiary/aromatic N) is 2. The summed E-state index contributed by atoms with van der Waals surface area (Å²) >= 11 is 0. The quantitative estimate of drug-likeness (QED) is 0.307. The summed E-state index contributed by atoms with van der Waals surface area (Å²) in [6, 6.07) is 7.00. The number of hydrogen-bond donors (Lipinski definition) is 0. The molecule has 0 radical (unpaired) electrons. The minimum absolute atomic E-state index is 0.102. The molecule has 0 N–H and O–H groups in total. The Morgan fingerprint density at radius 2 is 1.82 bits per heavy atom. The molecule has 0 aromatic heterocycles. The minimum atomic E-state index is -3.87. The third-order valence-electron chi connectivity index (χ3n) is 6.16. The third-order valence-corrected chi connectivity index (χ3v) is 7.95. The number of amides is 1. The Bertz CT molecular complexity index is 1140. The first-order valence-electron chi connectivity index (χ1n) is 13.5. The van der Waals surface area contributed by atoms with Crippen molar-refractivity contribution in [3.05, 3.63) is 48.1 Å². The average Bonchev–Trinajstić information content (AvgIpc) is 2.86. The standard InChI is InChI=1S/C29H44N2O7S/c1-8-17-31(39(34,35)21-30(20-22(3)9-2)28(33)38-29(4,5)6)18-16-23-12-10-15-26(27(23)32)37-25-14-11-13-24(19-25)36-7/h10-15,19,22,26H,8-9,16-18,20-21H2,1-7H3. The highest BCUT2D eigenvalue weighted by Crippen LogP contribution is 2.24. The molecular formula is C29H44N2O7S. The van der Waals surface area contributed by atoms with E-state index in [0.717, 1.165) is 6.42 Å². The van der Waals surface area contributed by atoms with Crippen molar-refractivity contribution in [2.75, 3.05) is 32.6 Å². The van der Waals surface area contributed by atoms with Gasteiger partial charge >= 0.3 is 6.09 Å². The van der Waals surface area contributed by atoms with E-state index in [-0.39, 0.29) is 37.8 Å². The number of sulfonamides is 1. The van der Waals surface area contributed by atoms with Gasteiger partial charge in [0.2, 0.25) is 15.8 Å². The highest BCUT2D eigenvalue weighted by atomic mass is 32.2. The lowest BCUT2D eigenvalue weighted by atomic mass is 9.98. The molecule has 0 heterocycles. The van der Waals surface area contributed by atoms with Crippen LogP contribution in [-0.4, -0.2) is 73.8 Å². The fourth-order valence-corrected chi connectivity index (χ4v) is 5.52. The Morgan fingerprint density at radius 3 is 2.44 bits per heavy atom. The van der Waals surface area contributed by atoms with E-state index in [1.165, 1.54) is 9.21 Å². The lowest BCUT2D eigenvalue weighted by Gasteiger charge is -2.31. The molecular weight excluding hydrogens is 520 g/mol. The van der Waals surface area contributed by atoms with Gasteiger partial charge in [-0.25, -0.2) is 17.5 Å². The summed E-state index contributed by atoms with van der Waals surface area (Å²) in [5.74, 6) is 0.509. The topological polar surface area (TPSA) is 102 Å². The van der Waals surface area contributed by atoms with Crippen molar-refractivity contribution in [1.29, 1.82) is 0 Å². The van der Waals surface area contributed by atoms with Gasteiger partial charge in [0, 0.05) is 31.3 Å². The van der Waals surface area contributed by atoms with Crippen LogP contribution in [0.4, 0.5) is 4.79 Å². The lowest BCUT2D eigenvalue weighted by Crippen LogP contribution is -2.46. The fourth-order valence-electron chi connectivity index (χ4n) is 3.92. The molecule has 1 aliphatic carbocycles. The van der Waals surface area contributed by atoms with Crippen LogP contribution >= 0.6 is 0 Å². The van der Waals surface area contributed by atoms with Crippen LogP contribution in [0.5, 0.6) is 11.5 Å². The van der Waals surface area contributed by atoms with Gasteiger partial charge in [-0.3, -0.25) is 9.69 Å². The third kappa shape index (κ3) is 10.3. The van der Waals surface area contributed by atoms with E-state index in [1.54, 1.807) is 70.4 Å². The second-order valence-corrected chi connectivity index (χ2v) is 12.7. The van der Waals surface area contributed by atoms with E-state index in [4.69, 9.17) is 14.2 Å². The SMILES string of the molecule is CCCN(CCC1=CC=CC(Oc2cccc(OC)c2)C1=O)S(=O)(=O)CN(CC(C)CC)C(=O)OC(C)(C)C. The van der Waals surface area contributed by atoms with Crippen LogP contribution < -0.4 is 9.47 Å². The van der Waals surface area contributed by atoms with Crippen LogP contribution in [0.2, 0.25) is 0 Å². The van der Waals surface area contributed by atoms with Crippen LogP contribution in [-0.2, 0) is 19.6 Å². The Balaban J connectivity index is 2.13. The predicted molar refractivity (Wildman–Crippen MR) is 152 cm³/mol. The first-order valence-corrected chi connectivity index (χ1v) is 15.1. The zero-order chi connectivity index (χ0) is 29.2. The van der Waals surface area contributed by atoms with Crippen LogP contribution in [0.3, 0.4) is 0 Å². The van der Waals surface area contributed by atoms with Crippen LogP contribution in [0.25, 0.3) is 0 Å². The molecule has 0 aliphatic heterocycles. The smallest absolute Gasteiger partial charge is 0.411 e. The fraction of sp³-hybridized carbons (Fsp3) is 0.586. The largest absolute Gasteiger partial charge is 0.497 e. The van der Waals surface area contributed by atoms with E-state index in [2.05, 4.69) is 0 Å². The lowest BCUT2D eigenvalue weighted by molar-refractivity contribution is -0.120. The number of methoxy groups -OCH3 is 1. The van der Waals surface area contributed by atoms with E-state index >= 15 is 0 Å². The first-order chi connectivity index (χ1) is 18.3. The Labute approximate surface area is 233 Å². The summed E-state index contributed by atoms with van der Waals surface area (Å²) in [4.78, 5) is 27.3. The summed E-state index contributed by atoms with van der Waals surface area (Å²) in [7, 11) is -2.32. The second-order valence-electron chi connectivity index (χ2n) is 10.8. The van der Waals surface area contributed by atoms with E-state index in [9.17, 15) is 18.0 Å². The molecule has 9 nitrogen and oxygen atoms in total. The van der Waals surface area contributed by atoms with Gasteiger partial charge in [0.1, 0.15) is 23.0 Å². The highest BCUT2D eigenvalue weighted by molar-refractivity contribution is 7.89. The van der Waals surface area contributed by atoms with Gasteiger partial charge in [0.05, 0.1) is 7.11 Å². The molecule has 2 rings (SSSR count). The maximum Gasteiger partial charge on any atom is 0.411 e. The Hall–Kier alpha value is -2.85. The number of rotatable bonds is 14. The first kappa shape index (κ1) is 32.4. The summed E-state index contributed by atoms with van der Waals surface area (Å²) in [6.07, 6.45) is 5.24.